The number of likely N-dealkylation sites (tertiary alicyclic amines) is 2. The topological polar surface area (TPSA) is 60.9 Å². The molecule has 1 spiro atoms. The number of carbonyl (C=O) groups excluding carboxylic acids is 1. The molecular weight excluding hydrogens is 397 g/mol. The van der Waals surface area contributed by atoms with Crippen LogP contribution in [0.5, 0.6) is 0 Å². The van der Waals surface area contributed by atoms with Gasteiger partial charge < -0.3 is 14.9 Å². The highest BCUT2D eigenvalue weighted by Gasteiger charge is 2.45. The van der Waals surface area contributed by atoms with E-state index in [1.54, 1.807) is 0 Å². The predicted octanol–water partition coefficient (Wildman–Crippen LogP) is 4.47. The van der Waals surface area contributed by atoms with Gasteiger partial charge in [-0.25, -0.2) is 4.79 Å². The van der Waals surface area contributed by atoms with E-state index in [2.05, 4.69) is 47.9 Å². The number of benzene rings is 1. The third-order valence-corrected chi connectivity index (χ3v) is 6.27. The zero-order valence-electron chi connectivity index (χ0n) is 17.6. The molecule has 0 aliphatic carbocycles. The predicted molar refractivity (Wildman–Crippen MR) is 108 cm³/mol. The first-order valence-corrected chi connectivity index (χ1v) is 10.5. The van der Waals surface area contributed by atoms with Gasteiger partial charge >= 0.3 is 12.1 Å². The van der Waals surface area contributed by atoms with Crippen molar-refractivity contribution >= 4 is 11.9 Å². The third-order valence-electron chi connectivity index (χ3n) is 6.27. The van der Waals surface area contributed by atoms with Crippen LogP contribution < -0.4 is 0 Å². The van der Waals surface area contributed by atoms with E-state index < -0.39 is 12.1 Å². The van der Waals surface area contributed by atoms with Crippen molar-refractivity contribution in [2.24, 2.45) is 0 Å². The number of hydrogen-bond acceptors (Lipinski definition) is 3. The standard InChI is InChI=1S/C20H30N2O.C2HF3O2/c1-3-17(2)21-14-7-11-20(13-15-21)12-10-19(23)22(20)16-18-8-5-4-6-9-18;3-2(4,5)1(6)7/h4-6,8-9,17H,3,7,10-16H2,1-2H3;(H,6,7). The maximum Gasteiger partial charge on any atom is 0.490 e. The summed E-state index contributed by atoms with van der Waals surface area (Å²) < 4.78 is 31.7. The fourth-order valence-electron chi connectivity index (χ4n) is 4.31. The maximum atomic E-state index is 12.5. The molecule has 5 nitrogen and oxygen atoms in total. The molecular formula is C22H31F3N2O3. The fourth-order valence-corrected chi connectivity index (χ4v) is 4.31. The average Bonchev–Trinajstić information content (AvgIpc) is 2.88. The molecule has 2 heterocycles. The van der Waals surface area contributed by atoms with Crippen molar-refractivity contribution in [1.29, 1.82) is 0 Å². The minimum Gasteiger partial charge on any atom is -0.475 e. The molecule has 3 rings (SSSR count). The molecule has 1 amide bonds. The molecule has 30 heavy (non-hydrogen) atoms. The Morgan fingerprint density at radius 2 is 1.80 bits per heavy atom. The van der Waals surface area contributed by atoms with Crippen molar-refractivity contribution in [3.8, 4) is 0 Å². The molecule has 2 aliphatic heterocycles. The molecule has 2 atom stereocenters. The summed E-state index contributed by atoms with van der Waals surface area (Å²) in [6, 6.07) is 11.1. The van der Waals surface area contributed by atoms with Gasteiger partial charge in [-0.15, -0.1) is 0 Å². The first-order chi connectivity index (χ1) is 14.1. The van der Waals surface area contributed by atoms with E-state index in [4.69, 9.17) is 9.90 Å². The number of carboxylic acid groups (broad SMARTS) is 1. The Balaban J connectivity index is 0.000000396. The largest absolute Gasteiger partial charge is 0.490 e. The van der Waals surface area contributed by atoms with Gasteiger partial charge in [0.15, 0.2) is 0 Å². The monoisotopic (exact) mass is 428 g/mol. The molecule has 1 aromatic rings. The first kappa shape index (κ1) is 24.2. The van der Waals surface area contributed by atoms with Crippen LogP contribution in [-0.2, 0) is 16.1 Å². The third kappa shape index (κ3) is 6.20. The number of carbonyl (C=O) groups is 2. The Morgan fingerprint density at radius 1 is 1.17 bits per heavy atom. The van der Waals surface area contributed by atoms with E-state index in [0.29, 0.717) is 11.9 Å². The number of aliphatic carboxylic acids is 1. The number of amides is 1. The second-order valence-electron chi connectivity index (χ2n) is 8.14. The van der Waals surface area contributed by atoms with Gasteiger partial charge in [-0.3, -0.25) is 4.79 Å². The average molecular weight is 428 g/mol. The molecule has 168 valence electrons. The molecule has 2 saturated heterocycles. The summed E-state index contributed by atoms with van der Waals surface area (Å²) in [5.74, 6) is -2.40. The SMILES string of the molecule is CCC(C)N1CCCC2(CCC(=O)N2Cc2ccccc2)CC1.O=C(O)C(F)(F)F. The fraction of sp³-hybridized carbons (Fsp3) is 0.636. The smallest absolute Gasteiger partial charge is 0.475 e. The van der Waals surface area contributed by atoms with Crippen LogP contribution in [0.25, 0.3) is 0 Å². The Morgan fingerprint density at radius 3 is 2.37 bits per heavy atom. The quantitative estimate of drug-likeness (QED) is 0.769. The van der Waals surface area contributed by atoms with Gasteiger partial charge in [0.1, 0.15) is 0 Å². The zero-order valence-corrected chi connectivity index (χ0v) is 17.6. The van der Waals surface area contributed by atoms with Gasteiger partial charge in [0, 0.05) is 31.1 Å². The van der Waals surface area contributed by atoms with Gasteiger partial charge in [0.25, 0.3) is 0 Å². The van der Waals surface area contributed by atoms with Crippen LogP contribution >= 0.6 is 0 Å². The van der Waals surface area contributed by atoms with Crippen LogP contribution in [0.2, 0.25) is 0 Å². The van der Waals surface area contributed by atoms with Gasteiger partial charge in [-0.2, -0.15) is 13.2 Å². The van der Waals surface area contributed by atoms with Gasteiger partial charge in [-0.05, 0) is 51.1 Å². The molecule has 0 aromatic heterocycles. The molecule has 8 heteroatoms. The van der Waals surface area contributed by atoms with Crippen LogP contribution in [0, 0.1) is 0 Å². The van der Waals surface area contributed by atoms with Crippen LogP contribution in [0.4, 0.5) is 13.2 Å². The van der Waals surface area contributed by atoms with Gasteiger partial charge in [-0.1, -0.05) is 37.3 Å². The highest BCUT2D eigenvalue weighted by molar-refractivity contribution is 5.79. The summed E-state index contributed by atoms with van der Waals surface area (Å²) in [5, 5.41) is 7.12. The van der Waals surface area contributed by atoms with Crippen molar-refractivity contribution in [2.75, 3.05) is 13.1 Å². The van der Waals surface area contributed by atoms with Crippen molar-refractivity contribution in [3.63, 3.8) is 0 Å². The van der Waals surface area contributed by atoms with E-state index in [9.17, 15) is 18.0 Å². The molecule has 1 aromatic carbocycles. The minimum absolute atomic E-state index is 0.106. The van der Waals surface area contributed by atoms with Crippen LogP contribution in [0.1, 0.15) is 57.9 Å². The molecule has 2 fully saturated rings. The minimum atomic E-state index is -5.08. The number of hydrogen-bond donors (Lipinski definition) is 1. The Bertz CT molecular complexity index is 711. The lowest BCUT2D eigenvalue weighted by Crippen LogP contribution is -2.46. The van der Waals surface area contributed by atoms with E-state index in [-0.39, 0.29) is 5.54 Å². The van der Waals surface area contributed by atoms with E-state index in [1.807, 2.05) is 6.07 Å². The maximum absolute atomic E-state index is 12.5. The summed E-state index contributed by atoms with van der Waals surface area (Å²) in [5.41, 5.74) is 1.36. The highest BCUT2D eigenvalue weighted by Crippen LogP contribution is 2.40. The molecule has 2 aliphatic rings. The number of nitrogens with zero attached hydrogens (tertiary/aromatic N) is 2. The molecule has 1 N–H and O–H groups in total. The van der Waals surface area contributed by atoms with Crippen LogP contribution in [0.3, 0.4) is 0 Å². The van der Waals surface area contributed by atoms with Gasteiger partial charge in [0.05, 0.1) is 0 Å². The Labute approximate surface area is 175 Å². The summed E-state index contributed by atoms with van der Waals surface area (Å²) in [6.45, 7) is 7.70. The lowest BCUT2D eigenvalue weighted by molar-refractivity contribution is -0.192. The second-order valence-corrected chi connectivity index (χ2v) is 8.14. The van der Waals surface area contributed by atoms with Crippen molar-refractivity contribution in [3.05, 3.63) is 35.9 Å². The Kier molecular flexibility index (Phi) is 8.29. The van der Waals surface area contributed by atoms with Crippen LogP contribution in [-0.4, -0.2) is 57.6 Å². The van der Waals surface area contributed by atoms with Gasteiger partial charge in [0.2, 0.25) is 5.91 Å². The van der Waals surface area contributed by atoms with Crippen molar-refractivity contribution < 1.29 is 27.9 Å². The molecule has 0 bridgehead atoms. The van der Waals surface area contributed by atoms with E-state index in [1.165, 1.54) is 31.4 Å². The normalized spacial score (nSPS) is 23.6. The molecule has 2 unspecified atom stereocenters. The van der Waals surface area contributed by atoms with Crippen molar-refractivity contribution in [2.45, 2.75) is 76.7 Å². The summed E-state index contributed by atoms with van der Waals surface area (Å²) >= 11 is 0. The summed E-state index contributed by atoms with van der Waals surface area (Å²) in [6.07, 6.45) is 1.42. The summed E-state index contributed by atoms with van der Waals surface area (Å²) in [7, 11) is 0. The second kappa shape index (κ2) is 10.3. The first-order valence-electron chi connectivity index (χ1n) is 10.5. The van der Waals surface area contributed by atoms with E-state index in [0.717, 1.165) is 32.4 Å². The summed E-state index contributed by atoms with van der Waals surface area (Å²) in [4.78, 5) is 26.3. The van der Waals surface area contributed by atoms with E-state index >= 15 is 0 Å². The highest BCUT2D eigenvalue weighted by atomic mass is 19.4. The number of carboxylic acids is 1. The lowest BCUT2D eigenvalue weighted by Gasteiger charge is -2.38. The molecule has 0 saturated carbocycles. The number of halogens is 3. The number of alkyl halides is 3. The Hall–Kier alpha value is -2.09. The van der Waals surface area contributed by atoms with Crippen LogP contribution in [0.15, 0.2) is 30.3 Å². The molecule has 0 radical (unpaired) electrons. The van der Waals surface area contributed by atoms with Crippen molar-refractivity contribution in [1.82, 2.24) is 9.80 Å². The zero-order chi connectivity index (χ0) is 22.4. The number of rotatable bonds is 4. The lowest BCUT2D eigenvalue weighted by atomic mass is 9.87.